The summed E-state index contributed by atoms with van der Waals surface area (Å²) in [5.41, 5.74) is 0. The van der Waals surface area contributed by atoms with Gasteiger partial charge in [0.1, 0.15) is 0 Å². The molecule has 0 saturated heterocycles. The molecule has 0 amide bonds. The number of carboxylic acid groups (broad SMARTS) is 1. The number of halogens is 3. The molecule has 0 fully saturated rings. The average molecular weight is 394 g/mol. The molecule has 10 heavy (non-hydrogen) atoms. The number of allylic oxidation sites excluding steroid dienone is 1. The molecule has 6 heteroatoms. The minimum Gasteiger partial charge on any atom is -0.478 e. The summed E-state index contributed by atoms with van der Waals surface area (Å²) in [4.78, 5) is 9.78. The van der Waals surface area contributed by atoms with Gasteiger partial charge in [-0.1, -0.05) is 34.8 Å². The Morgan fingerprint density at radius 3 is 1.90 bits per heavy atom. The molecule has 0 bridgehead atoms. The van der Waals surface area contributed by atoms with Gasteiger partial charge in [-0.2, -0.15) is 0 Å². The first-order valence-corrected chi connectivity index (χ1v) is 3.04. The van der Waals surface area contributed by atoms with E-state index in [1.165, 1.54) is 0 Å². The average Bonchev–Trinajstić information content (AvgIpc) is 1.59. The number of hydrogen-bond donors (Lipinski definition) is 1. The summed E-state index contributed by atoms with van der Waals surface area (Å²) in [5, 5.41) is 8.01. The molecule has 0 aliphatic carbocycles. The molecule has 0 spiro atoms. The van der Waals surface area contributed by atoms with E-state index in [2.05, 4.69) is 0 Å². The Bertz CT molecular complexity index is 140. The first-order chi connectivity index (χ1) is 3.92. The van der Waals surface area contributed by atoms with Crippen molar-refractivity contribution in [2.24, 2.45) is 0 Å². The fourth-order valence-electron chi connectivity index (χ4n) is 0.166. The van der Waals surface area contributed by atoms with Crippen LogP contribution in [0.1, 0.15) is 0 Å². The van der Waals surface area contributed by atoms with Crippen molar-refractivity contribution < 1.29 is 9.90 Å². The molecule has 0 aromatic heterocycles. The second kappa shape index (κ2) is 5.63. The fourth-order valence-corrected chi connectivity index (χ4v) is 0.355. The van der Waals surface area contributed by atoms with Gasteiger partial charge in [-0.3, -0.25) is 0 Å². The first kappa shape index (κ1) is 13.6. The van der Waals surface area contributed by atoms with Crippen LogP contribution in [0.4, 0.5) is 0 Å². The minimum absolute atomic E-state index is 0. The van der Waals surface area contributed by atoms with Crippen molar-refractivity contribution in [1.82, 2.24) is 0 Å². The van der Waals surface area contributed by atoms with E-state index in [9.17, 15) is 4.79 Å². The van der Waals surface area contributed by atoms with Crippen LogP contribution < -0.4 is 0 Å². The van der Waals surface area contributed by atoms with E-state index in [4.69, 9.17) is 39.9 Å². The maximum Gasteiger partial charge on any atom is 0.328 e. The van der Waals surface area contributed by atoms with Gasteiger partial charge in [-0.15, -0.1) is 0 Å². The van der Waals surface area contributed by atoms with Crippen molar-refractivity contribution in [3.05, 3.63) is 12.2 Å². The van der Waals surface area contributed by atoms with Crippen LogP contribution in [0.3, 0.4) is 0 Å². The zero-order chi connectivity index (χ0) is 7.49. The van der Waals surface area contributed by atoms with Gasteiger partial charge in [-0.05, 0) is 6.08 Å². The molecule has 1 radical (unpaired) electrons. The zero-order valence-corrected chi connectivity index (χ0v) is 11.5. The third kappa shape index (κ3) is 11.8. The van der Waals surface area contributed by atoms with Crippen LogP contribution in [0.15, 0.2) is 12.2 Å². The molecular formula is C4H3Cl3O2Tl. The number of hydrogen-bond acceptors (Lipinski definition) is 1. The summed E-state index contributed by atoms with van der Waals surface area (Å²) in [6.07, 6.45) is 1.73. The van der Waals surface area contributed by atoms with Gasteiger partial charge in [0.05, 0.1) is 0 Å². The van der Waals surface area contributed by atoms with Gasteiger partial charge >= 0.3 is 5.97 Å². The van der Waals surface area contributed by atoms with Crippen LogP contribution in [-0.4, -0.2) is 42.2 Å². The molecule has 0 atom stereocenters. The summed E-state index contributed by atoms with van der Waals surface area (Å²) < 4.78 is -1.61. The van der Waals surface area contributed by atoms with Crippen LogP contribution in [0, 0.1) is 0 Å². The van der Waals surface area contributed by atoms with E-state index in [1.807, 2.05) is 0 Å². The number of alkyl halides is 3. The van der Waals surface area contributed by atoms with Crippen molar-refractivity contribution >= 4 is 68.1 Å². The molecule has 0 aliphatic rings. The molecule has 55 valence electrons. The van der Waals surface area contributed by atoms with E-state index in [0.717, 1.165) is 12.2 Å². The molecular weight excluding hydrogens is 391 g/mol. The number of aliphatic carboxylic acids is 1. The van der Waals surface area contributed by atoms with Gasteiger partial charge in [0.2, 0.25) is 3.79 Å². The van der Waals surface area contributed by atoms with Crippen LogP contribution in [0.2, 0.25) is 0 Å². The van der Waals surface area contributed by atoms with Gasteiger partial charge < -0.3 is 5.11 Å². The minimum atomic E-state index is -1.61. The predicted molar refractivity (Wildman–Crippen MR) is 42.8 cm³/mol. The van der Waals surface area contributed by atoms with E-state index in [1.54, 1.807) is 0 Å². The van der Waals surface area contributed by atoms with Crippen molar-refractivity contribution in [2.45, 2.75) is 3.79 Å². The Morgan fingerprint density at radius 2 is 1.80 bits per heavy atom. The van der Waals surface area contributed by atoms with Gasteiger partial charge in [0.25, 0.3) is 0 Å². The Balaban J connectivity index is 0. The zero-order valence-electron chi connectivity index (χ0n) is 4.72. The van der Waals surface area contributed by atoms with E-state index in [0.29, 0.717) is 0 Å². The smallest absolute Gasteiger partial charge is 0.328 e. The second-order valence-electron chi connectivity index (χ2n) is 1.21. The maximum absolute atomic E-state index is 9.78. The number of carboxylic acids is 1. The number of carbonyl (C=O) groups is 1. The Kier molecular flexibility index (Phi) is 7.64. The molecule has 2 nitrogen and oxygen atoms in total. The molecule has 0 rings (SSSR count). The largest absolute Gasteiger partial charge is 0.478 e. The van der Waals surface area contributed by atoms with Crippen LogP contribution in [-0.2, 0) is 4.79 Å². The van der Waals surface area contributed by atoms with Gasteiger partial charge in [-0.25, -0.2) is 4.79 Å². The van der Waals surface area contributed by atoms with E-state index in [-0.39, 0.29) is 27.3 Å². The van der Waals surface area contributed by atoms with Crippen molar-refractivity contribution in [2.75, 3.05) is 0 Å². The molecule has 0 unspecified atom stereocenters. The van der Waals surface area contributed by atoms with Crippen LogP contribution >= 0.6 is 34.8 Å². The normalized spacial score (nSPS) is 11.1. The SMILES string of the molecule is O=C(O)C=CC(Cl)(Cl)Cl.[Tl]. The monoisotopic (exact) mass is 393 g/mol. The van der Waals surface area contributed by atoms with E-state index < -0.39 is 9.76 Å². The summed E-state index contributed by atoms with van der Waals surface area (Å²) in [7, 11) is 0. The van der Waals surface area contributed by atoms with Crippen LogP contribution in [0.25, 0.3) is 0 Å². The molecule has 0 saturated carbocycles. The summed E-state index contributed by atoms with van der Waals surface area (Å²) in [6.45, 7) is 0. The Morgan fingerprint density at radius 1 is 1.40 bits per heavy atom. The first-order valence-electron chi connectivity index (χ1n) is 1.91. The summed E-state index contributed by atoms with van der Waals surface area (Å²) >= 11 is 15.5. The maximum atomic E-state index is 9.78. The van der Waals surface area contributed by atoms with E-state index >= 15 is 0 Å². The molecule has 0 heterocycles. The Hall–Kier alpha value is 1.00. The topological polar surface area (TPSA) is 37.3 Å². The van der Waals surface area contributed by atoms with Crippen LogP contribution in [0.5, 0.6) is 0 Å². The van der Waals surface area contributed by atoms with Gasteiger partial charge in [0, 0.05) is 33.4 Å². The van der Waals surface area contributed by atoms with Crippen molar-refractivity contribution in [1.29, 1.82) is 0 Å². The second-order valence-corrected chi connectivity index (χ2v) is 3.58. The fraction of sp³-hybridized carbons (Fsp3) is 0.250. The molecule has 0 aliphatic heterocycles. The number of rotatable bonds is 1. The predicted octanol–water partition coefficient (Wildman–Crippen LogP) is 1.62. The standard InChI is InChI=1S/C4H3Cl3O2.Tl/c5-4(6,7)2-1-3(8)9;/h1-2H,(H,8,9);. The van der Waals surface area contributed by atoms with Gasteiger partial charge in [0.15, 0.2) is 0 Å². The summed E-state index contributed by atoms with van der Waals surface area (Å²) in [5.74, 6) is -1.14. The van der Waals surface area contributed by atoms with Crippen molar-refractivity contribution in [3.63, 3.8) is 0 Å². The third-order valence-electron chi connectivity index (χ3n) is 0.415. The van der Waals surface area contributed by atoms with Crippen molar-refractivity contribution in [3.8, 4) is 0 Å². The third-order valence-corrected chi connectivity index (χ3v) is 0.793. The quantitative estimate of drug-likeness (QED) is 0.417. The molecule has 0 aromatic rings. The molecule has 0 aromatic carbocycles. The Labute approximate surface area is 93.3 Å². The molecule has 1 N–H and O–H groups in total. The summed E-state index contributed by atoms with van der Waals surface area (Å²) in [6, 6.07) is 0.